The van der Waals surface area contributed by atoms with Crippen molar-refractivity contribution >= 4 is 17.6 Å². The van der Waals surface area contributed by atoms with E-state index in [9.17, 15) is 14.3 Å². The fourth-order valence-corrected chi connectivity index (χ4v) is 2.47. The predicted octanol–water partition coefficient (Wildman–Crippen LogP) is 2.90. The number of carbonyl (C=O) groups is 1. The highest BCUT2D eigenvalue weighted by Gasteiger charge is 2.41. The molecule has 1 aliphatic rings. The molecule has 1 heterocycles. The van der Waals surface area contributed by atoms with Gasteiger partial charge in [0.15, 0.2) is 0 Å². The van der Waals surface area contributed by atoms with Crippen LogP contribution in [-0.4, -0.2) is 24.3 Å². The van der Waals surface area contributed by atoms with E-state index in [2.05, 4.69) is 0 Å². The Bertz CT molecular complexity index is 456. The molecule has 98 valence electrons. The number of benzene rings is 1. The predicted molar refractivity (Wildman–Crippen MR) is 65.2 cm³/mol. The summed E-state index contributed by atoms with van der Waals surface area (Å²) < 4.78 is 18.9. The van der Waals surface area contributed by atoms with Gasteiger partial charge in [0.05, 0.1) is 12.0 Å². The molecule has 2 rings (SSSR count). The second-order valence-electron chi connectivity index (χ2n) is 4.65. The van der Waals surface area contributed by atoms with E-state index in [0.717, 1.165) is 0 Å². The third-order valence-electron chi connectivity index (χ3n) is 3.31. The Hall–Kier alpha value is -1.13. The highest BCUT2D eigenvalue weighted by molar-refractivity contribution is 6.30. The Kier molecular flexibility index (Phi) is 3.88. The van der Waals surface area contributed by atoms with E-state index in [1.807, 2.05) is 0 Å². The molecular weight excluding hydrogens is 259 g/mol. The average molecular weight is 273 g/mol. The number of hydrogen-bond donors (Lipinski definition) is 1. The Morgan fingerprint density at radius 3 is 2.94 bits per heavy atom. The Balaban J connectivity index is 2.28. The smallest absolute Gasteiger partial charge is 0.312 e. The highest BCUT2D eigenvalue weighted by atomic mass is 35.5. The second-order valence-corrected chi connectivity index (χ2v) is 5.09. The molecule has 0 saturated carbocycles. The molecule has 3 nitrogen and oxygen atoms in total. The Labute approximate surface area is 110 Å². The summed E-state index contributed by atoms with van der Waals surface area (Å²) in [6.07, 6.45) is 1.28. The zero-order valence-corrected chi connectivity index (χ0v) is 10.5. The SMILES string of the molecule is O=C(O)C1(Cc2cc(Cl)ccc2F)CCCOC1. The van der Waals surface area contributed by atoms with Crippen molar-refractivity contribution < 1.29 is 19.0 Å². The first-order valence-corrected chi connectivity index (χ1v) is 6.16. The molecule has 5 heteroatoms. The first-order valence-electron chi connectivity index (χ1n) is 5.79. The van der Waals surface area contributed by atoms with Gasteiger partial charge in [0.2, 0.25) is 0 Å². The summed E-state index contributed by atoms with van der Waals surface area (Å²) in [5.74, 6) is -1.37. The standard InChI is InChI=1S/C13H14ClFO3/c14-10-2-3-11(15)9(6-10)7-13(12(16)17)4-1-5-18-8-13/h2-3,6H,1,4-5,7-8H2,(H,16,17). The van der Waals surface area contributed by atoms with Gasteiger partial charge in [-0.1, -0.05) is 11.6 Å². The van der Waals surface area contributed by atoms with Crippen molar-refractivity contribution in [2.45, 2.75) is 19.3 Å². The van der Waals surface area contributed by atoms with E-state index in [4.69, 9.17) is 16.3 Å². The van der Waals surface area contributed by atoms with Gasteiger partial charge < -0.3 is 9.84 Å². The minimum atomic E-state index is -1.04. The van der Waals surface area contributed by atoms with Crippen LogP contribution in [0.2, 0.25) is 5.02 Å². The summed E-state index contributed by atoms with van der Waals surface area (Å²) in [6.45, 7) is 0.682. The molecule has 1 N–H and O–H groups in total. The van der Waals surface area contributed by atoms with Crippen LogP contribution in [0.25, 0.3) is 0 Å². The number of halogens is 2. The molecule has 1 saturated heterocycles. The topological polar surface area (TPSA) is 46.5 Å². The summed E-state index contributed by atoms with van der Waals surface area (Å²) in [5, 5.41) is 9.78. The second kappa shape index (κ2) is 5.24. The van der Waals surface area contributed by atoms with Crippen LogP contribution in [0.5, 0.6) is 0 Å². The fraction of sp³-hybridized carbons (Fsp3) is 0.462. The third kappa shape index (κ3) is 2.65. The van der Waals surface area contributed by atoms with Gasteiger partial charge in [0.1, 0.15) is 5.82 Å². The molecule has 1 aromatic rings. The van der Waals surface area contributed by atoms with Crippen LogP contribution < -0.4 is 0 Å². The molecule has 0 spiro atoms. The number of carboxylic acids is 1. The van der Waals surface area contributed by atoms with Crippen molar-refractivity contribution in [3.05, 3.63) is 34.6 Å². The van der Waals surface area contributed by atoms with Crippen LogP contribution in [0.1, 0.15) is 18.4 Å². The van der Waals surface area contributed by atoms with Gasteiger partial charge in [-0.05, 0) is 43.0 Å². The zero-order chi connectivity index (χ0) is 13.2. The van der Waals surface area contributed by atoms with E-state index < -0.39 is 17.2 Å². The highest BCUT2D eigenvalue weighted by Crippen LogP contribution is 2.34. The van der Waals surface area contributed by atoms with Crippen molar-refractivity contribution in [2.75, 3.05) is 13.2 Å². The molecule has 0 aromatic heterocycles. The minimum absolute atomic E-state index is 0.106. The van der Waals surface area contributed by atoms with Crippen molar-refractivity contribution in [3.63, 3.8) is 0 Å². The molecular formula is C13H14ClFO3. The van der Waals surface area contributed by atoms with Crippen LogP contribution in [0.4, 0.5) is 4.39 Å². The number of hydrogen-bond acceptors (Lipinski definition) is 2. The largest absolute Gasteiger partial charge is 0.481 e. The van der Waals surface area contributed by atoms with Gasteiger partial charge in [-0.25, -0.2) is 4.39 Å². The minimum Gasteiger partial charge on any atom is -0.481 e. The number of ether oxygens (including phenoxy) is 1. The lowest BCUT2D eigenvalue weighted by Gasteiger charge is -2.33. The fourth-order valence-electron chi connectivity index (χ4n) is 2.28. The van der Waals surface area contributed by atoms with Crippen molar-refractivity contribution in [1.82, 2.24) is 0 Å². The first kappa shape index (κ1) is 13.3. The van der Waals surface area contributed by atoms with Gasteiger partial charge in [-0.15, -0.1) is 0 Å². The van der Waals surface area contributed by atoms with Gasteiger partial charge >= 0.3 is 5.97 Å². The summed E-state index contributed by atoms with van der Waals surface area (Å²) >= 11 is 5.81. The molecule has 0 amide bonds. The maximum absolute atomic E-state index is 13.7. The monoisotopic (exact) mass is 272 g/mol. The molecule has 1 aliphatic heterocycles. The van der Waals surface area contributed by atoms with Crippen LogP contribution in [0.15, 0.2) is 18.2 Å². The molecule has 0 bridgehead atoms. The first-order chi connectivity index (χ1) is 8.53. The molecule has 1 aromatic carbocycles. The molecule has 0 aliphatic carbocycles. The van der Waals surface area contributed by atoms with Gasteiger partial charge in [0.25, 0.3) is 0 Å². The normalized spacial score (nSPS) is 23.9. The van der Waals surface area contributed by atoms with Crippen molar-refractivity contribution in [1.29, 1.82) is 0 Å². The van der Waals surface area contributed by atoms with E-state index in [1.54, 1.807) is 0 Å². The third-order valence-corrected chi connectivity index (χ3v) is 3.55. The molecule has 0 radical (unpaired) electrons. The van der Waals surface area contributed by atoms with Gasteiger partial charge in [-0.2, -0.15) is 0 Å². The number of aliphatic carboxylic acids is 1. The Morgan fingerprint density at radius 1 is 1.56 bits per heavy atom. The van der Waals surface area contributed by atoms with Crippen LogP contribution in [0.3, 0.4) is 0 Å². The molecule has 1 unspecified atom stereocenters. The maximum atomic E-state index is 13.7. The lowest BCUT2D eigenvalue weighted by Crippen LogP contribution is -2.41. The van der Waals surface area contributed by atoms with Crippen molar-refractivity contribution in [2.24, 2.45) is 5.41 Å². The Morgan fingerprint density at radius 2 is 2.33 bits per heavy atom. The summed E-state index contributed by atoms with van der Waals surface area (Å²) in [6, 6.07) is 4.19. The summed E-state index contributed by atoms with van der Waals surface area (Å²) in [5.41, 5.74) is -0.709. The lowest BCUT2D eigenvalue weighted by molar-refractivity contribution is -0.157. The summed E-state index contributed by atoms with van der Waals surface area (Å²) in [4.78, 5) is 11.4. The van der Waals surface area contributed by atoms with E-state index in [1.165, 1.54) is 18.2 Å². The van der Waals surface area contributed by atoms with Gasteiger partial charge in [-0.3, -0.25) is 4.79 Å². The summed E-state index contributed by atoms with van der Waals surface area (Å²) in [7, 11) is 0. The van der Waals surface area contributed by atoms with Crippen LogP contribution in [-0.2, 0) is 16.0 Å². The van der Waals surface area contributed by atoms with E-state index >= 15 is 0 Å². The average Bonchev–Trinajstić information content (AvgIpc) is 2.35. The van der Waals surface area contributed by atoms with E-state index in [0.29, 0.717) is 30.0 Å². The zero-order valence-electron chi connectivity index (χ0n) is 9.79. The maximum Gasteiger partial charge on any atom is 0.312 e. The van der Waals surface area contributed by atoms with Crippen LogP contribution in [0, 0.1) is 11.2 Å². The molecule has 1 fully saturated rings. The number of carboxylic acid groups (broad SMARTS) is 1. The molecule has 1 atom stereocenters. The van der Waals surface area contributed by atoms with Crippen molar-refractivity contribution in [3.8, 4) is 0 Å². The van der Waals surface area contributed by atoms with Crippen LogP contribution >= 0.6 is 11.6 Å². The van der Waals surface area contributed by atoms with Gasteiger partial charge in [0, 0.05) is 11.6 Å². The lowest BCUT2D eigenvalue weighted by atomic mass is 9.77. The van der Waals surface area contributed by atoms with E-state index in [-0.39, 0.29) is 13.0 Å². The molecule has 18 heavy (non-hydrogen) atoms. The number of rotatable bonds is 3. The quantitative estimate of drug-likeness (QED) is 0.920.